The molecule has 0 unspecified atom stereocenters. The highest BCUT2D eigenvalue weighted by Crippen LogP contribution is 2.21. The molecule has 0 aromatic heterocycles. The highest BCUT2D eigenvalue weighted by Gasteiger charge is 2.26. The number of benzene rings is 1. The monoisotopic (exact) mass is 310 g/mol. The van der Waals surface area contributed by atoms with E-state index >= 15 is 0 Å². The van der Waals surface area contributed by atoms with E-state index in [2.05, 4.69) is 0 Å². The van der Waals surface area contributed by atoms with Crippen molar-refractivity contribution in [3.8, 4) is 0 Å². The number of nitro groups is 1. The lowest BCUT2D eigenvalue weighted by molar-refractivity contribution is -0.385. The maximum Gasteiger partial charge on any atom is 0.282 e. The van der Waals surface area contributed by atoms with Crippen LogP contribution in [0.3, 0.4) is 0 Å². The molecule has 0 fully saturated rings. The summed E-state index contributed by atoms with van der Waals surface area (Å²) in [7, 11) is 0. The molecular formula is C11H10ClF3N2O3. The first-order valence-electron chi connectivity index (χ1n) is 5.44. The Kier molecular flexibility index (Phi) is 5.75. The summed E-state index contributed by atoms with van der Waals surface area (Å²) >= 11 is 5.40. The number of amides is 1. The maximum atomic E-state index is 13.1. The fourth-order valence-corrected chi connectivity index (χ4v) is 1.76. The van der Waals surface area contributed by atoms with E-state index in [1.165, 1.54) is 0 Å². The van der Waals surface area contributed by atoms with Crippen LogP contribution in [0.25, 0.3) is 0 Å². The lowest BCUT2D eigenvalue weighted by Gasteiger charge is -2.21. The van der Waals surface area contributed by atoms with E-state index in [1.807, 2.05) is 0 Å². The molecule has 110 valence electrons. The van der Waals surface area contributed by atoms with Gasteiger partial charge < -0.3 is 4.90 Å². The van der Waals surface area contributed by atoms with E-state index in [9.17, 15) is 28.1 Å². The van der Waals surface area contributed by atoms with Gasteiger partial charge >= 0.3 is 0 Å². The molecule has 0 saturated carbocycles. The van der Waals surface area contributed by atoms with Crippen LogP contribution in [-0.4, -0.2) is 41.1 Å². The zero-order valence-electron chi connectivity index (χ0n) is 10.1. The predicted molar refractivity (Wildman–Crippen MR) is 65.7 cm³/mol. The molecule has 0 heterocycles. The van der Waals surface area contributed by atoms with Crippen molar-refractivity contribution in [2.45, 2.75) is 6.43 Å². The quantitative estimate of drug-likeness (QED) is 0.461. The first-order chi connectivity index (χ1) is 9.36. The first kappa shape index (κ1) is 16.2. The average molecular weight is 311 g/mol. The van der Waals surface area contributed by atoms with E-state index in [0.717, 1.165) is 12.1 Å². The Morgan fingerprint density at radius 1 is 1.45 bits per heavy atom. The Morgan fingerprint density at radius 3 is 2.60 bits per heavy atom. The van der Waals surface area contributed by atoms with Gasteiger partial charge in [0.2, 0.25) is 0 Å². The molecule has 5 nitrogen and oxygen atoms in total. The molecule has 1 aromatic carbocycles. The molecule has 0 saturated heterocycles. The van der Waals surface area contributed by atoms with Crippen LogP contribution < -0.4 is 0 Å². The maximum absolute atomic E-state index is 13.1. The molecule has 1 amide bonds. The molecule has 20 heavy (non-hydrogen) atoms. The Labute approximate surface area is 117 Å². The van der Waals surface area contributed by atoms with Gasteiger partial charge in [0.15, 0.2) is 0 Å². The Balaban J connectivity index is 3.16. The third-order valence-corrected chi connectivity index (χ3v) is 2.55. The van der Waals surface area contributed by atoms with Gasteiger partial charge in [0, 0.05) is 18.5 Å². The minimum absolute atomic E-state index is 0.123. The van der Waals surface area contributed by atoms with E-state index in [0.29, 0.717) is 11.0 Å². The van der Waals surface area contributed by atoms with Crippen molar-refractivity contribution in [1.29, 1.82) is 0 Å². The van der Waals surface area contributed by atoms with E-state index in [4.69, 9.17) is 11.6 Å². The Hall–Kier alpha value is -1.83. The molecule has 0 N–H and O–H groups in total. The normalized spacial score (nSPS) is 10.7. The molecule has 1 aromatic rings. The third kappa shape index (κ3) is 4.09. The number of alkyl halides is 3. The van der Waals surface area contributed by atoms with Crippen molar-refractivity contribution in [3.05, 3.63) is 39.7 Å². The van der Waals surface area contributed by atoms with Gasteiger partial charge in [0.05, 0.1) is 11.5 Å². The summed E-state index contributed by atoms with van der Waals surface area (Å²) in [5.41, 5.74) is -1.23. The van der Waals surface area contributed by atoms with Crippen LogP contribution in [0.2, 0.25) is 0 Å². The van der Waals surface area contributed by atoms with Gasteiger partial charge in [-0.2, -0.15) is 0 Å². The molecule has 0 aliphatic heterocycles. The van der Waals surface area contributed by atoms with Crippen LogP contribution in [0.5, 0.6) is 0 Å². The highest BCUT2D eigenvalue weighted by atomic mass is 35.5. The summed E-state index contributed by atoms with van der Waals surface area (Å²) in [5, 5.41) is 10.8. The van der Waals surface area contributed by atoms with Gasteiger partial charge in [0.25, 0.3) is 18.0 Å². The Morgan fingerprint density at radius 2 is 2.10 bits per heavy atom. The predicted octanol–water partition coefficient (Wildman–Crippen LogP) is 2.68. The minimum Gasteiger partial charge on any atom is -0.332 e. The topological polar surface area (TPSA) is 63.4 Å². The van der Waals surface area contributed by atoms with Crippen LogP contribution in [0.15, 0.2) is 18.2 Å². The second-order valence-corrected chi connectivity index (χ2v) is 4.13. The lowest BCUT2D eigenvalue weighted by atomic mass is 10.1. The van der Waals surface area contributed by atoms with Crippen molar-refractivity contribution in [1.82, 2.24) is 4.90 Å². The number of carbonyl (C=O) groups excluding carboxylic acids is 1. The van der Waals surface area contributed by atoms with Crippen molar-refractivity contribution >= 4 is 23.2 Å². The standard InChI is InChI=1S/C11H10ClF3N2O3/c12-3-4-16(6-10(14)15)11(18)8-5-7(13)1-2-9(8)17(19)20/h1-2,5,10H,3-4,6H2. The smallest absolute Gasteiger partial charge is 0.282 e. The van der Waals surface area contributed by atoms with Crippen LogP contribution >= 0.6 is 11.6 Å². The lowest BCUT2D eigenvalue weighted by Crippen LogP contribution is -2.37. The fraction of sp³-hybridized carbons (Fsp3) is 0.364. The van der Waals surface area contributed by atoms with Crippen molar-refractivity contribution in [2.24, 2.45) is 0 Å². The third-order valence-electron chi connectivity index (χ3n) is 2.39. The van der Waals surface area contributed by atoms with Gasteiger partial charge in [-0.3, -0.25) is 14.9 Å². The number of hydrogen-bond acceptors (Lipinski definition) is 3. The number of nitro benzene ring substituents is 1. The summed E-state index contributed by atoms with van der Waals surface area (Å²) in [6, 6.07) is 2.27. The van der Waals surface area contributed by atoms with E-state index < -0.39 is 40.9 Å². The van der Waals surface area contributed by atoms with Gasteiger partial charge in [-0.1, -0.05) is 0 Å². The molecular weight excluding hydrogens is 301 g/mol. The summed E-state index contributed by atoms with van der Waals surface area (Å²) in [4.78, 5) is 22.6. The zero-order chi connectivity index (χ0) is 15.3. The minimum atomic E-state index is -2.82. The second kappa shape index (κ2) is 7.09. The molecule has 0 spiro atoms. The van der Waals surface area contributed by atoms with Crippen LogP contribution in [-0.2, 0) is 0 Å². The van der Waals surface area contributed by atoms with Gasteiger partial charge in [0.1, 0.15) is 11.4 Å². The summed E-state index contributed by atoms with van der Waals surface area (Å²) in [6.07, 6.45) is -2.82. The van der Waals surface area contributed by atoms with Gasteiger partial charge in [-0.05, 0) is 12.1 Å². The number of halogens is 4. The van der Waals surface area contributed by atoms with Gasteiger partial charge in [-0.15, -0.1) is 11.6 Å². The van der Waals surface area contributed by atoms with Crippen molar-refractivity contribution in [3.63, 3.8) is 0 Å². The average Bonchev–Trinajstić information content (AvgIpc) is 2.36. The van der Waals surface area contributed by atoms with Gasteiger partial charge in [-0.25, -0.2) is 13.2 Å². The van der Waals surface area contributed by atoms with Crippen molar-refractivity contribution < 1.29 is 22.9 Å². The number of carbonyl (C=O) groups is 1. The molecule has 0 bridgehead atoms. The number of hydrogen-bond donors (Lipinski definition) is 0. The fourth-order valence-electron chi connectivity index (χ4n) is 1.55. The number of rotatable bonds is 6. The molecule has 0 aliphatic carbocycles. The summed E-state index contributed by atoms with van der Waals surface area (Å²) < 4.78 is 37.9. The van der Waals surface area contributed by atoms with Crippen molar-refractivity contribution in [2.75, 3.05) is 19.0 Å². The molecule has 0 aliphatic rings. The highest BCUT2D eigenvalue weighted by molar-refractivity contribution is 6.18. The summed E-state index contributed by atoms with van der Waals surface area (Å²) in [5.74, 6) is -2.05. The first-order valence-corrected chi connectivity index (χ1v) is 5.97. The van der Waals surface area contributed by atoms with Crippen LogP contribution in [0, 0.1) is 15.9 Å². The SMILES string of the molecule is O=C(c1cc(F)ccc1[N+](=O)[O-])N(CCCl)CC(F)F. The Bertz CT molecular complexity index is 514. The number of nitrogens with zero attached hydrogens (tertiary/aromatic N) is 2. The van der Waals surface area contributed by atoms with E-state index in [-0.39, 0.29) is 12.4 Å². The molecule has 9 heteroatoms. The second-order valence-electron chi connectivity index (χ2n) is 3.75. The van der Waals surface area contributed by atoms with E-state index in [1.54, 1.807) is 0 Å². The zero-order valence-corrected chi connectivity index (χ0v) is 10.8. The molecule has 0 atom stereocenters. The molecule has 1 rings (SSSR count). The van der Waals surface area contributed by atoms with Crippen LogP contribution in [0.1, 0.15) is 10.4 Å². The molecule has 0 radical (unpaired) electrons. The summed E-state index contributed by atoms with van der Waals surface area (Å²) in [6.45, 7) is -1.16. The largest absolute Gasteiger partial charge is 0.332 e. The van der Waals surface area contributed by atoms with Crippen LogP contribution in [0.4, 0.5) is 18.9 Å².